The third-order valence-corrected chi connectivity index (χ3v) is 3.63. The number of hydrazine groups is 1. The molecule has 3 heteroatoms. The molecule has 1 aromatic carbocycles. The Morgan fingerprint density at radius 3 is 2.53 bits per heavy atom. The van der Waals surface area contributed by atoms with Gasteiger partial charge in [-0.05, 0) is 43.7 Å². The molecular formula is C14H22N2O. The van der Waals surface area contributed by atoms with Gasteiger partial charge in [-0.2, -0.15) is 0 Å². The topological polar surface area (TPSA) is 47.3 Å². The van der Waals surface area contributed by atoms with Gasteiger partial charge in [0.15, 0.2) is 0 Å². The van der Waals surface area contributed by atoms with Crippen LogP contribution in [0.4, 0.5) is 0 Å². The Labute approximate surface area is 103 Å². The Hall–Kier alpha value is -0.900. The summed E-state index contributed by atoms with van der Waals surface area (Å²) in [7, 11) is 1.77. The predicted molar refractivity (Wildman–Crippen MR) is 69.5 cm³/mol. The second-order valence-electron chi connectivity index (χ2n) is 5.04. The molecule has 1 aromatic rings. The fourth-order valence-electron chi connectivity index (χ4n) is 2.56. The molecule has 1 saturated carbocycles. The van der Waals surface area contributed by atoms with Gasteiger partial charge in [0, 0.05) is 7.11 Å². The molecule has 3 N–H and O–H groups in total. The minimum Gasteiger partial charge on any atom is -0.379 e. The van der Waals surface area contributed by atoms with Gasteiger partial charge < -0.3 is 4.74 Å². The number of nitrogens with two attached hydrogens (primary N) is 1. The van der Waals surface area contributed by atoms with Gasteiger partial charge in [0.2, 0.25) is 0 Å². The summed E-state index contributed by atoms with van der Waals surface area (Å²) < 4.78 is 5.62. The molecule has 2 atom stereocenters. The molecule has 0 spiro atoms. The molecule has 0 aliphatic heterocycles. The van der Waals surface area contributed by atoms with Gasteiger partial charge in [-0.25, -0.2) is 0 Å². The van der Waals surface area contributed by atoms with Crippen molar-refractivity contribution in [2.75, 3.05) is 7.11 Å². The molecule has 0 radical (unpaired) electrons. The highest BCUT2D eigenvalue weighted by Crippen LogP contribution is 2.40. The standard InChI is InChI=1S/C14H22N2O/c1-9-4-7-12(10(2)8-9)13(16-15)14(17-3)11-5-6-11/h4,7-8,11,13-14,16H,5-6,15H2,1-3H3. The van der Waals surface area contributed by atoms with E-state index >= 15 is 0 Å². The summed E-state index contributed by atoms with van der Waals surface area (Å²) in [6.07, 6.45) is 2.69. The first-order valence-corrected chi connectivity index (χ1v) is 6.23. The van der Waals surface area contributed by atoms with Crippen LogP contribution in [0.2, 0.25) is 0 Å². The Morgan fingerprint density at radius 1 is 1.35 bits per heavy atom. The van der Waals surface area contributed by atoms with E-state index in [1.807, 2.05) is 0 Å². The lowest BCUT2D eigenvalue weighted by Gasteiger charge is -2.27. The van der Waals surface area contributed by atoms with Gasteiger partial charge in [0.05, 0.1) is 12.1 Å². The minimum atomic E-state index is 0.0908. The molecule has 1 aliphatic rings. The maximum atomic E-state index is 5.72. The number of benzene rings is 1. The van der Waals surface area contributed by atoms with E-state index in [4.69, 9.17) is 10.6 Å². The van der Waals surface area contributed by atoms with Gasteiger partial charge in [-0.3, -0.25) is 11.3 Å². The lowest BCUT2D eigenvalue weighted by molar-refractivity contribution is 0.0505. The third-order valence-electron chi connectivity index (χ3n) is 3.63. The van der Waals surface area contributed by atoms with Crippen LogP contribution >= 0.6 is 0 Å². The number of methoxy groups -OCH3 is 1. The van der Waals surface area contributed by atoms with Crippen molar-refractivity contribution in [1.29, 1.82) is 0 Å². The van der Waals surface area contributed by atoms with Gasteiger partial charge in [0.25, 0.3) is 0 Å². The molecule has 1 fully saturated rings. The summed E-state index contributed by atoms with van der Waals surface area (Å²) in [4.78, 5) is 0. The molecular weight excluding hydrogens is 212 g/mol. The summed E-state index contributed by atoms with van der Waals surface area (Å²) in [5.74, 6) is 6.38. The Bertz CT molecular complexity index is 388. The van der Waals surface area contributed by atoms with Crippen molar-refractivity contribution in [3.8, 4) is 0 Å². The zero-order chi connectivity index (χ0) is 12.4. The van der Waals surface area contributed by atoms with Crippen molar-refractivity contribution in [3.05, 3.63) is 34.9 Å². The maximum Gasteiger partial charge on any atom is 0.0807 e. The summed E-state index contributed by atoms with van der Waals surface area (Å²) >= 11 is 0. The van der Waals surface area contributed by atoms with Crippen LogP contribution in [0.3, 0.4) is 0 Å². The van der Waals surface area contributed by atoms with Crippen LogP contribution < -0.4 is 11.3 Å². The van der Waals surface area contributed by atoms with Crippen LogP contribution in [0, 0.1) is 19.8 Å². The van der Waals surface area contributed by atoms with Crippen molar-refractivity contribution in [1.82, 2.24) is 5.43 Å². The van der Waals surface area contributed by atoms with Gasteiger partial charge >= 0.3 is 0 Å². The monoisotopic (exact) mass is 234 g/mol. The summed E-state index contributed by atoms with van der Waals surface area (Å²) in [6.45, 7) is 4.24. The molecule has 17 heavy (non-hydrogen) atoms. The van der Waals surface area contributed by atoms with Crippen molar-refractivity contribution < 1.29 is 4.74 Å². The largest absolute Gasteiger partial charge is 0.379 e. The Kier molecular flexibility index (Phi) is 3.82. The molecule has 94 valence electrons. The molecule has 2 unspecified atom stereocenters. The fourth-order valence-corrected chi connectivity index (χ4v) is 2.56. The van der Waals surface area contributed by atoms with Crippen LogP contribution in [0.5, 0.6) is 0 Å². The minimum absolute atomic E-state index is 0.0908. The lowest BCUT2D eigenvalue weighted by Crippen LogP contribution is -2.39. The quantitative estimate of drug-likeness (QED) is 0.606. The van der Waals surface area contributed by atoms with Crippen molar-refractivity contribution >= 4 is 0 Å². The Morgan fingerprint density at radius 2 is 2.06 bits per heavy atom. The van der Waals surface area contributed by atoms with Gasteiger partial charge in [0.1, 0.15) is 0 Å². The normalized spacial score (nSPS) is 19.1. The smallest absolute Gasteiger partial charge is 0.0807 e. The van der Waals surface area contributed by atoms with E-state index in [-0.39, 0.29) is 12.1 Å². The van der Waals surface area contributed by atoms with Crippen LogP contribution in [0.15, 0.2) is 18.2 Å². The highest BCUT2D eigenvalue weighted by Gasteiger charge is 2.37. The summed E-state index contributed by atoms with van der Waals surface area (Å²) in [5.41, 5.74) is 6.73. The predicted octanol–water partition coefficient (Wildman–Crippen LogP) is 2.23. The molecule has 0 bridgehead atoms. The van der Waals surface area contributed by atoms with E-state index in [0.717, 1.165) is 0 Å². The summed E-state index contributed by atoms with van der Waals surface area (Å²) in [6, 6.07) is 6.57. The van der Waals surface area contributed by atoms with Crippen LogP contribution in [-0.4, -0.2) is 13.2 Å². The molecule has 0 saturated heterocycles. The Balaban J connectivity index is 2.26. The zero-order valence-electron chi connectivity index (χ0n) is 10.9. The second kappa shape index (κ2) is 5.17. The SMILES string of the molecule is COC(C1CC1)C(NN)c1ccc(C)cc1C. The highest BCUT2D eigenvalue weighted by molar-refractivity contribution is 5.33. The van der Waals surface area contributed by atoms with E-state index in [1.165, 1.54) is 29.5 Å². The zero-order valence-corrected chi connectivity index (χ0v) is 10.9. The van der Waals surface area contributed by atoms with E-state index in [1.54, 1.807) is 7.11 Å². The average Bonchev–Trinajstić information content (AvgIpc) is 3.11. The number of ether oxygens (including phenoxy) is 1. The molecule has 2 rings (SSSR count). The van der Waals surface area contributed by atoms with Gasteiger partial charge in [-0.1, -0.05) is 23.8 Å². The van der Waals surface area contributed by atoms with Crippen LogP contribution in [-0.2, 0) is 4.74 Å². The number of nitrogens with one attached hydrogen (secondary N) is 1. The van der Waals surface area contributed by atoms with Crippen molar-refractivity contribution in [2.45, 2.75) is 38.8 Å². The molecule has 3 nitrogen and oxygen atoms in total. The number of aryl methyl sites for hydroxylation is 2. The van der Waals surface area contributed by atoms with Gasteiger partial charge in [-0.15, -0.1) is 0 Å². The van der Waals surface area contributed by atoms with E-state index in [0.29, 0.717) is 5.92 Å². The van der Waals surface area contributed by atoms with E-state index in [9.17, 15) is 0 Å². The fraction of sp³-hybridized carbons (Fsp3) is 0.571. The highest BCUT2D eigenvalue weighted by atomic mass is 16.5. The van der Waals surface area contributed by atoms with Crippen LogP contribution in [0.25, 0.3) is 0 Å². The van der Waals surface area contributed by atoms with Crippen molar-refractivity contribution in [2.24, 2.45) is 11.8 Å². The number of hydrogen-bond acceptors (Lipinski definition) is 3. The first-order chi connectivity index (χ1) is 8.17. The average molecular weight is 234 g/mol. The maximum absolute atomic E-state index is 5.72. The molecule has 0 heterocycles. The molecule has 1 aliphatic carbocycles. The van der Waals surface area contributed by atoms with E-state index in [2.05, 4.69) is 37.5 Å². The number of hydrogen-bond donors (Lipinski definition) is 2. The van der Waals surface area contributed by atoms with Crippen molar-refractivity contribution in [3.63, 3.8) is 0 Å². The first kappa shape index (κ1) is 12.6. The first-order valence-electron chi connectivity index (χ1n) is 6.23. The molecule has 0 amide bonds. The lowest BCUT2D eigenvalue weighted by atomic mass is 9.94. The molecule has 0 aromatic heterocycles. The number of rotatable bonds is 5. The van der Waals surface area contributed by atoms with Crippen LogP contribution in [0.1, 0.15) is 35.6 Å². The van der Waals surface area contributed by atoms with E-state index < -0.39 is 0 Å². The second-order valence-corrected chi connectivity index (χ2v) is 5.04. The summed E-state index contributed by atoms with van der Waals surface area (Å²) in [5, 5.41) is 0. The third kappa shape index (κ3) is 2.68.